The van der Waals surface area contributed by atoms with Crippen molar-refractivity contribution in [3.63, 3.8) is 0 Å². The molecule has 0 saturated heterocycles. The summed E-state index contributed by atoms with van der Waals surface area (Å²) in [7, 11) is 3.06. The molecule has 0 aromatic heterocycles. The van der Waals surface area contributed by atoms with E-state index in [0.717, 1.165) is 30.9 Å². The second-order valence-corrected chi connectivity index (χ2v) is 6.38. The molecule has 29 heavy (non-hydrogen) atoms. The molecule has 156 valence electrons. The van der Waals surface area contributed by atoms with E-state index in [-0.39, 0.29) is 5.57 Å². The number of hydrogen-bond donors (Lipinski definition) is 1. The molecule has 0 aliphatic heterocycles. The molecular weight excluding hydrogens is 370 g/mol. The molecule has 0 aliphatic carbocycles. The standard InChI is InChI=1S/C23H29NO5/c1-5-24(6-2)13-14-29-19-10-7-17(8-11-19)15-20(23(25)26)18-9-12-21(27-3)22(16-18)28-4/h7-12,15-16H,5-6,13-14H2,1-4H3,(H,25,26)/b20-15-. The fourth-order valence-corrected chi connectivity index (χ4v) is 2.93. The van der Waals surface area contributed by atoms with Crippen LogP contribution in [0.15, 0.2) is 42.5 Å². The summed E-state index contributed by atoms with van der Waals surface area (Å²) in [6, 6.07) is 12.4. The van der Waals surface area contributed by atoms with E-state index in [4.69, 9.17) is 14.2 Å². The van der Waals surface area contributed by atoms with Crippen molar-refractivity contribution in [2.45, 2.75) is 13.8 Å². The summed E-state index contributed by atoms with van der Waals surface area (Å²) in [5.74, 6) is 0.773. The van der Waals surface area contributed by atoms with Crippen LogP contribution < -0.4 is 14.2 Å². The molecular formula is C23H29NO5. The summed E-state index contributed by atoms with van der Waals surface area (Å²) in [6.45, 7) is 7.74. The van der Waals surface area contributed by atoms with Crippen molar-refractivity contribution in [3.05, 3.63) is 53.6 Å². The van der Waals surface area contributed by atoms with E-state index in [1.165, 1.54) is 14.2 Å². The molecule has 0 unspecified atom stereocenters. The molecule has 0 heterocycles. The molecule has 0 radical (unpaired) electrons. The van der Waals surface area contributed by atoms with Gasteiger partial charge in [0.1, 0.15) is 12.4 Å². The predicted molar refractivity (Wildman–Crippen MR) is 115 cm³/mol. The van der Waals surface area contributed by atoms with Crippen LogP contribution in [0.25, 0.3) is 11.6 Å². The quantitative estimate of drug-likeness (QED) is 0.454. The van der Waals surface area contributed by atoms with Gasteiger partial charge in [-0.2, -0.15) is 0 Å². The zero-order valence-electron chi connectivity index (χ0n) is 17.5. The second-order valence-electron chi connectivity index (χ2n) is 6.38. The Kier molecular flexibility index (Phi) is 8.55. The van der Waals surface area contributed by atoms with Gasteiger partial charge in [0.2, 0.25) is 0 Å². The summed E-state index contributed by atoms with van der Waals surface area (Å²) in [5, 5.41) is 9.68. The van der Waals surface area contributed by atoms with Gasteiger partial charge in [0.15, 0.2) is 11.5 Å². The number of aliphatic carboxylic acids is 1. The predicted octanol–water partition coefficient (Wildman–Crippen LogP) is 4.05. The molecule has 0 fully saturated rings. The van der Waals surface area contributed by atoms with Crippen LogP contribution >= 0.6 is 0 Å². The van der Waals surface area contributed by atoms with E-state index >= 15 is 0 Å². The van der Waals surface area contributed by atoms with Crippen LogP contribution in [0.3, 0.4) is 0 Å². The minimum Gasteiger partial charge on any atom is -0.493 e. The SMILES string of the molecule is CCN(CC)CCOc1ccc(/C=C(\C(=O)O)c2ccc(OC)c(OC)c2)cc1. The number of carboxylic acid groups (broad SMARTS) is 1. The Labute approximate surface area is 172 Å². The summed E-state index contributed by atoms with van der Waals surface area (Å²) in [5.41, 5.74) is 1.48. The first-order valence-electron chi connectivity index (χ1n) is 9.64. The minimum atomic E-state index is -1.02. The number of hydrogen-bond acceptors (Lipinski definition) is 5. The molecule has 2 rings (SSSR count). The average Bonchev–Trinajstić information content (AvgIpc) is 2.75. The van der Waals surface area contributed by atoms with Crippen LogP contribution in [0.2, 0.25) is 0 Å². The lowest BCUT2D eigenvalue weighted by Crippen LogP contribution is -2.27. The highest BCUT2D eigenvalue weighted by atomic mass is 16.5. The first-order chi connectivity index (χ1) is 14.0. The van der Waals surface area contributed by atoms with Gasteiger partial charge in [-0.15, -0.1) is 0 Å². The van der Waals surface area contributed by atoms with Crippen molar-refractivity contribution in [2.75, 3.05) is 40.5 Å². The van der Waals surface area contributed by atoms with Gasteiger partial charge in [0, 0.05) is 6.54 Å². The largest absolute Gasteiger partial charge is 0.493 e. The highest BCUT2D eigenvalue weighted by Gasteiger charge is 2.14. The van der Waals surface area contributed by atoms with E-state index < -0.39 is 5.97 Å². The first kappa shape index (κ1) is 22.3. The lowest BCUT2D eigenvalue weighted by atomic mass is 10.0. The van der Waals surface area contributed by atoms with Gasteiger partial charge >= 0.3 is 5.97 Å². The Morgan fingerprint density at radius 2 is 1.66 bits per heavy atom. The maximum Gasteiger partial charge on any atom is 0.336 e. The first-order valence-corrected chi connectivity index (χ1v) is 9.64. The van der Waals surface area contributed by atoms with E-state index in [1.54, 1.807) is 24.3 Å². The van der Waals surface area contributed by atoms with E-state index in [1.807, 2.05) is 24.3 Å². The Morgan fingerprint density at radius 1 is 1.00 bits per heavy atom. The van der Waals surface area contributed by atoms with Crippen LogP contribution in [-0.4, -0.2) is 56.4 Å². The van der Waals surface area contributed by atoms with Crippen molar-refractivity contribution in [1.29, 1.82) is 0 Å². The van der Waals surface area contributed by atoms with E-state index in [0.29, 0.717) is 23.7 Å². The lowest BCUT2D eigenvalue weighted by Gasteiger charge is -2.18. The van der Waals surface area contributed by atoms with Gasteiger partial charge in [-0.1, -0.05) is 32.0 Å². The van der Waals surface area contributed by atoms with Gasteiger partial charge in [-0.05, 0) is 54.6 Å². The van der Waals surface area contributed by atoms with Crippen molar-refractivity contribution >= 4 is 17.6 Å². The van der Waals surface area contributed by atoms with Crippen molar-refractivity contribution in [3.8, 4) is 17.2 Å². The fourth-order valence-electron chi connectivity index (χ4n) is 2.93. The van der Waals surface area contributed by atoms with Crippen LogP contribution in [0.1, 0.15) is 25.0 Å². The van der Waals surface area contributed by atoms with Gasteiger partial charge in [0.05, 0.1) is 19.8 Å². The topological polar surface area (TPSA) is 68.2 Å². The fraction of sp³-hybridized carbons (Fsp3) is 0.348. The molecule has 6 heteroatoms. The molecule has 1 N–H and O–H groups in total. The molecule has 0 spiro atoms. The molecule has 0 bridgehead atoms. The number of likely N-dealkylation sites (N-methyl/N-ethyl adjacent to an activating group) is 1. The zero-order chi connectivity index (χ0) is 21.2. The monoisotopic (exact) mass is 399 g/mol. The third-order valence-corrected chi connectivity index (χ3v) is 4.69. The average molecular weight is 399 g/mol. The molecule has 2 aromatic carbocycles. The maximum absolute atomic E-state index is 11.8. The summed E-state index contributed by atoms with van der Waals surface area (Å²) < 4.78 is 16.3. The van der Waals surface area contributed by atoms with Crippen molar-refractivity contribution in [1.82, 2.24) is 4.90 Å². The molecule has 0 aliphatic rings. The summed E-state index contributed by atoms with van der Waals surface area (Å²) >= 11 is 0. The van der Waals surface area contributed by atoms with Crippen LogP contribution in [0.4, 0.5) is 0 Å². The molecule has 0 amide bonds. The van der Waals surface area contributed by atoms with Gasteiger partial charge in [0.25, 0.3) is 0 Å². The number of ether oxygens (including phenoxy) is 3. The molecule has 6 nitrogen and oxygen atoms in total. The molecule has 2 aromatic rings. The van der Waals surface area contributed by atoms with Crippen molar-refractivity contribution in [2.24, 2.45) is 0 Å². The Hall–Kier alpha value is -2.99. The smallest absolute Gasteiger partial charge is 0.336 e. The number of methoxy groups -OCH3 is 2. The highest BCUT2D eigenvalue weighted by molar-refractivity contribution is 6.20. The van der Waals surface area contributed by atoms with Gasteiger partial charge < -0.3 is 24.2 Å². The summed E-state index contributed by atoms with van der Waals surface area (Å²) in [6.07, 6.45) is 1.63. The van der Waals surface area contributed by atoms with Crippen LogP contribution in [0, 0.1) is 0 Å². The number of nitrogens with zero attached hydrogens (tertiary/aromatic N) is 1. The van der Waals surface area contributed by atoms with E-state index in [2.05, 4.69) is 18.7 Å². The minimum absolute atomic E-state index is 0.168. The normalized spacial score (nSPS) is 11.4. The Morgan fingerprint density at radius 3 is 2.21 bits per heavy atom. The number of benzene rings is 2. The number of rotatable bonds is 11. The van der Waals surface area contributed by atoms with Gasteiger partial charge in [-0.25, -0.2) is 4.79 Å². The van der Waals surface area contributed by atoms with Crippen LogP contribution in [0.5, 0.6) is 17.2 Å². The molecule has 0 atom stereocenters. The van der Waals surface area contributed by atoms with Crippen molar-refractivity contribution < 1.29 is 24.1 Å². The number of carbonyl (C=O) groups is 1. The third-order valence-electron chi connectivity index (χ3n) is 4.69. The Balaban J connectivity index is 2.16. The van der Waals surface area contributed by atoms with Gasteiger partial charge in [-0.3, -0.25) is 0 Å². The Bertz CT molecular complexity index is 826. The van der Waals surface area contributed by atoms with E-state index in [9.17, 15) is 9.90 Å². The maximum atomic E-state index is 11.8. The highest BCUT2D eigenvalue weighted by Crippen LogP contribution is 2.31. The third kappa shape index (κ3) is 6.26. The summed E-state index contributed by atoms with van der Waals surface area (Å²) in [4.78, 5) is 14.1. The van der Waals surface area contributed by atoms with Crippen LogP contribution in [-0.2, 0) is 4.79 Å². The zero-order valence-corrected chi connectivity index (χ0v) is 17.5. The lowest BCUT2D eigenvalue weighted by molar-refractivity contribution is -0.130. The number of carboxylic acids is 1. The second kappa shape index (κ2) is 11.1. The molecule has 0 saturated carbocycles.